The summed E-state index contributed by atoms with van der Waals surface area (Å²) in [6, 6.07) is 0. The summed E-state index contributed by atoms with van der Waals surface area (Å²) in [5.74, 6) is 0. The van der Waals surface area contributed by atoms with Crippen molar-refractivity contribution in [1.82, 2.24) is 0 Å². The Labute approximate surface area is 190 Å². The van der Waals surface area contributed by atoms with Gasteiger partial charge >= 0.3 is 166 Å². The summed E-state index contributed by atoms with van der Waals surface area (Å²) in [4.78, 5) is 0. The van der Waals surface area contributed by atoms with Crippen LogP contribution in [-0.2, 0) is 17.4 Å². The van der Waals surface area contributed by atoms with Gasteiger partial charge in [-0.05, 0) is 0 Å². The van der Waals surface area contributed by atoms with Crippen molar-refractivity contribution >= 4 is 31.7 Å². The first-order chi connectivity index (χ1) is 11.6. The molecule has 162 valence electrons. The molecule has 0 spiro atoms. The van der Waals surface area contributed by atoms with E-state index in [0.29, 0.717) is 0 Å². The van der Waals surface area contributed by atoms with E-state index >= 15 is 0 Å². The van der Waals surface area contributed by atoms with Crippen LogP contribution in [0.2, 0.25) is 9.26 Å². The molecule has 0 saturated heterocycles. The molecule has 0 nitrogen and oxygen atoms in total. The number of allylic oxidation sites excluding steroid dienone is 8. The minimum atomic E-state index is -3.13. The standard InChI is InChI=1S/2C11H17.2CH3.2ClH.H2Si.Zr/c2*1-5-9-6-7-10(8-9)11(2,3)4;;;;;;/h2*8H,5,7H2,1-4H3;2*1H3;2*1H;1H2;. The van der Waals surface area contributed by atoms with Gasteiger partial charge in [0.1, 0.15) is 0 Å². The van der Waals surface area contributed by atoms with Crippen LogP contribution in [-0.4, -0.2) is 6.88 Å². The third-order valence-corrected chi connectivity index (χ3v) is 23.8. The molecule has 0 saturated carbocycles. The second kappa shape index (κ2) is 9.02. The van der Waals surface area contributed by atoms with Gasteiger partial charge in [-0.1, -0.05) is 0 Å². The van der Waals surface area contributed by atoms with Gasteiger partial charge < -0.3 is 0 Å². The van der Waals surface area contributed by atoms with Crippen molar-refractivity contribution in [3.05, 3.63) is 41.0 Å². The van der Waals surface area contributed by atoms with Crippen LogP contribution in [0, 0.1) is 10.8 Å². The van der Waals surface area contributed by atoms with E-state index in [0.717, 1.165) is 0 Å². The van der Waals surface area contributed by atoms with Gasteiger partial charge in [-0.15, -0.1) is 24.8 Å². The molecule has 0 radical (unpaired) electrons. The van der Waals surface area contributed by atoms with Crippen molar-refractivity contribution < 1.29 is 17.4 Å². The predicted octanol–water partition coefficient (Wildman–Crippen LogP) is 8.24. The van der Waals surface area contributed by atoms with E-state index in [1.807, 2.05) is 6.56 Å². The van der Waals surface area contributed by atoms with Crippen LogP contribution in [0.15, 0.2) is 41.0 Å². The van der Waals surface area contributed by atoms with Crippen LogP contribution in [0.4, 0.5) is 0 Å². The van der Waals surface area contributed by atoms with Gasteiger partial charge in [0.15, 0.2) is 0 Å². The molecular weight excluding hydrogens is 478 g/mol. The maximum Gasteiger partial charge on any atom is -0.147 e. The Kier molecular flexibility index (Phi) is 9.22. The Hall–Kier alpha value is 0.640. The Morgan fingerprint density at radius 2 is 1.04 bits per heavy atom. The smallest absolute Gasteiger partial charge is 0.147 e. The molecule has 2 rings (SSSR count). The Bertz CT molecular complexity index is 741. The van der Waals surface area contributed by atoms with Crippen LogP contribution in [0.5, 0.6) is 0 Å². The summed E-state index contributed by atoms with van der Waals surface area (Å²) < 4.78 is 9.19. The van der Waals surface area contributed by atoms with E-state index in [1.54, 1.807) is 22.3 Å². The maximum atomic E-state index is 2.72. The SMILES string of the molecule is CCC1=[C]([Zr]([CH3])([CH3])(=[SiH2])[C]2=C(CC)C=C(C(C)(C)C)C2)CC(C(C)(C)C)=C1.Cl.Cl. The maximum absolute atomic E-state index is 3.13. The molecule has 0 aliphatic heterocycles. The van der Waals surface area contributed by atoms with Crippen LogP contribution >= 0.6 is 24.8 Å². The molecule has 0 fully saturated rings. The van der Waals surface area contributed by atoms with Gasteiger partial charge in [0.2, 0.25) is 0 Å². The molecule has 0 atom stereocenters. The van der Waals surface area contributed by atoms with Gasteiger partial charge in [-0.3, -0.25) is 0 Å². The van der Waals surface area contributed by atoms with Crippen molar-refractivity contribution in [2.24, 2.45) is 10.8 Å². The monoisotopic (exact) mass is 520 g/mol. The Balaban J connectivity index is 0.00000364. The Morgan fingerprint density at radius 1 is 0.750 bits per heavy atom. The summed E-state index contributed by atoms with van der Waals surface area (Å²) >= 11 is -3.13. The molecule has 0 aromatic rings. The van der Waals surface area contributed by atoms with Gasteiger partial charge in [0, 0.05) is 0 Å². The summed E-state index contributed by atoms with van der Waals surface area (Å²) in [5, 5.41) is 0. The molecule has 0 heterocycles. The fourth-order valence-corrected chi connectivity index (χ4v) is 19.7. The van der Waals surface area contributed by atoms with Crippen LogP contribution in [0.25, 0.3) is 0 Å². The zero-order chi connectivity index (χ0) is 20.2. The first-order valence-electron chi connectivity index (χ1n) is 10.5. The predicted molar refractivity (Wildman–Crippen MR) is 134 cm³/mol. The third-order valence-electron chi connectivity index (χ3n) is 6.83. The first kappa shape index (κ1) is 28.6. The second-order valence-electron chi connectivity index (χ2n) is 11.6. The fraction of sp³-hybridized carbons (Fsp3) is 0.667. The van der Waals surface area contributed by atoms with E-state index in [4.69, 9.17) is 0 Å². The van der Waals surface area contributed by atoms with Crippen molar-refractivity contribution in [3.63, 3.8) is 0 Å². The van der Waals surface area contributed by atoms with Crippen molar-refractivity contribution in [1.29, 1.82) is 0 Å². The molecule has 28 heavy (non-hydrogen) atoms. The number of hydrogen-bond donors (Lipinski definition) is 0. The average molecular weight is 523 g/mol. The van der Waals surface area contributed by atoms with E-state index < -0.39 is 17.4 Å². The van der Waals surface area contributed by atoms with Gasteiger partial charge in [-0.25, -0.2) is 0 Å². The van der Waals surface area contributed by atoms with Crippen molar-refractivity contribution in [3.8, 4) is 0 Å². The number of halogens is 2. The molecule has 2 aliphatic carbocycles. The van der Waals surface area contributed by atoms with Crippen molar-refractivity contribution in [2.75, 3.05) is 0 Å². The normalized spacial score (nSPS) is 18.7. The number of rotatable bonds is 4. The molecule has 4 heteroatoms. The summed E-state index contributed by atoms with van der Waals surface area (Å²) in [6.07, 6.45) is 9.99. The molecule has 0 amide bonds. The average Bonchev–Trinajstić information content (AvgIpc) is 3.10. The van der Waals surface area contributed by atoms with E-state index in [1.165, 1.54) is 25.7 Å². The van der Waals surface area contributed by atoms with Gasteiger partial charge in [0.25, 0.3) is 0 Å². The molecule has 0 bridgehead atoms. The number of hydrogen-bond acceptors (Lipinski definition) is 0. The fourth-order valence-electron chi connectivity index (χ4n) is 4.68. The summed E-state index contributed by atoms with van der Waals surface area (Å²) in [5.41, 5.74) is 7.23. The zero-order valence-electron chi connectivity index (χ0n) is 20.0. The first-order valence-corrected chi connectivity index (χ1v) is 23.8. The molecule has 0 N–H and O–H groups in total. The molecular formula is C24H44Cl2SiZr. The van der Waals surface area contributed by atoms with Crippen molar-refractivity contribution in [2.45, 2.75) is 90.3 Å². The minimum absolute atomic E-state index is 0. The summed E-state index contributed by atoms with van der Waals surface area (Å²) in [6.45, 7) is 21.4. The van der Waals surface area contributed by atoms with E-state index in [2.05, 4.69) is 83.7 Å². The Morgan fingerprint density at radius 3 is 1.25 bits per heavy atom. The zero-order valence-corrected chi connectivity index (χ0v) is 25.5. The van der Waals surface area contributed by atoms with Crippen LogP contribution in [0.1, 0.15) is 81.1 Å². The van der Waals surface area contributed by atoms with Gasteiger partial charge in [0.05, 0.1) is 0 Å². The third kappa shape index (κ3) is 5.46. The molecule has 2 aliphatic rings. The molecule has 0 aromatic carbocycles. The van der Waals surface area contributed by atoms with E-state index in [-0.39, 0.29) is 35.6 Å². The van der Waals surface area contributed by atoms with Crippen LogP contribution in [0.3, 0.4) is 0 Å². The minimum Gasteiger partial charge on any atom is -0.147 e. The largest absolute Gasteiger partial charge is 0.147 e. The second-order valence-corrected chi connectivity index (χ2v) is 40.3. The molecule has 0 unspecified atom stereocenters. The van der Waals surface area contributed by atoms with Crippen LogP contribution < -0.4 is 0 Å². The quantitative estimate of drug-likeness (QED) is 0.326. The van der Waals surface area contributed by atoms with Gasteiger partial charge in [-0.2, -0.15) is 0 Å². The topological polar surface area (TPSA) is 0 Å². The van der Waals surface area contributed by atoms with E-state index in [9.17, 15) is 0 Å². The summed E-state index contributed by atoms with van der Waals surface area (Å²) in [7, 11) is 0. The molecule has 0 aromatic heterocycles.